The largest absolute Gasteiger partial charge is 0.488 e. The first-order chi connectivity index (χ1) is 33.7. The monoisotopic (exact) mass is 1070 g/mol. The molecule has 0 spiro atoms. The van der Waals surface area contributed by atoms with Crippen molar-refractivity contribution in [2.24, 2.45) is 0 Å². The molecule has 72 heavy (non-hydrogen) atoms. The van der Waals surface area contributed by atoms with E-state index >= 15 is 0 Å². The maximum absolute atomic E-state index is 12.8. The number of nitrogens with zero attached hydrogens (tertiary/aromatic N) is 2. The van der Waals surface area contributed by atoms with Crippen LogP contribution in [0.1, 0.15) is 116 Å². The SMILES string of the molecule is CC(C)(C)[Si](C)(C)OCc1cccc(B(O)O)c1.Cc1cc(Br)cc(CN2C(=O)c3ccccc3C2=O)c1.Cc1cc(CN2C(=O)c3ccccc3C2=O)cc(-c2cccc(CO[Si](C)(C)C(C)(C)C)c2)c1. The molecule has 0 radical (unpaired) electrons. The molecular formula is C58H68BBrN2O8Si2. The summed E-state index contributed by atoms with van der Waals surface area (Å²) >= 11 is 3.43. The van der Waals surface area contributed by atoms with Crippen molar-refractivity contribution in [3.8, 4) is 11.1 Å². The number of hydrogen-bond acceptors (Lipinski definition) is 8. The van der Waals surface area contributed by atoms with Crippen LogP contribution in [-0.4, -0.2) is 67.2 Å². The van der Waals surface area contributed by atoms with Crippen LogP contribution in [0.4, 0.5) is 0 Å². The molecule has 10 nitrogen and oxygen atoms in total. The molecule has 0 fully saturated rings. The van der Waals surface area contributed by atoms with Crippen LogP contribution in [0.3, 0.4) is 0 Å². The number of carbonyl (C=O) groups is 4. The van der Waals surface area contributed by atoms with Gasteiger partial charge in [0.1, 0.15) is 0 Å². The van der Waals surface area contributed by atoms with Crippen LogP contribution in [0.15, 0.2) is 138 Å². The molecule has 6 aromatic carbocycles. The number of halogens is 1. The van der Waals surface area contributed by atoms with E-state index in [9.17, 15) is 19.2 Å². The standard InChI is InChI=1S/C29H33NO3Si.C16H12BrNO2.C13H23BO3Si/c1-20-14-22(18-30-27(31)25-12-7-8-13-26(25)28(30)32)17-24(15-20)23-11-9-10-21(16-23)19-33-34(5,6)29(2,3)4;1-10-6-11(8-12(17)7-10)9-18-15(19)13-4-2-3-5-14(13)16(18)20;1-13(2,3)18(4,5)17-10-11-7-6-8-12(9-11)14(15)16/h7-17H,18-19H2,1-6H3;2-8H,9H2,1H3;6-9,15-16H,10H2,1-5H3. The number of benzene rings is 6. The second-order valence-electron chi connectivity index (χ2n) is 21.7. The number of amides is 4. The van der Waals surface area contributed by atoms with E-state index in [1.807, 2.05) is 50.2 Å². The highest BCUT2D eigenvalue weighted by atomic mass is 79.9. The maximum Gasteiger partial charge on any atom is 0.488 e. The highest BCUT2D eigenvalue weighted by molar-refractivity contribution is 9.10. The molecule has 0 bridgehead atoms. The summed E-state index contributed by atoms with van der Waals surface area (Å²) < 4.78 is 13.5. The predicted molar refractivity (Wildman–Crippen MR) is 297 cm³/mol. The lowest BCUT2D eigenvalue weighted by Gasteiger charge is -2.36. The fraction of sp³-hybridized carbons (Fsp3) is 0.310. The minimum Gasteiger partial charge on any atom is -0.423 e. The van der Waals surface area contributed by atoms with Crippen molar-refractivity contribution in [3.05, 3.63) is 194 Å². The van der Waals surface area contributed by atoms with Gasteiger partial charge in [-0.15, -0.1) is 0 Å². The van der Waals surface area contributed by atoms with Crippen LogP contribution in [0.5, 0.6) is 0 Å². The van der Waals surface area contributed by atoms with Gasteiger partial charge in [0.25, 0.3) is 23.6 Å². The van der Waals surface area contributed by atoms with E-state index in [1.165, 1.54) is 9.80 Å². The molecule has 376 valence electrons. The first kappa shape index (κ1) is 55.7. The highest BCUT2D eigenvalue weighted by Crippen LogP contribution is 2.38. The molecule has 2 aliphatic heterocycles. The van der Waals surface area contributed by atoms with Gasteiger partial charge in [-0.05, 0) is 143 Å². The van der Waals surface area contributed by atoms with Crippen molar-refractivity contribution in [1.82, 2.24) is 9.80 Å². The molecule has 2 aliphatic rings. The Morgan fingerprint density at radius 1 is 0.486 bits per heavy atom. The second kappa shape index (κ2) is 22.7. The van der Waals surface area contributed by atoms with Gasteiger partial charge in [0.05, 0.1) is 48.6 Å². The third-order valence-electron chi connectivity index (χ3n) is 14.0. The lowest BCUT2D eigenvalue weighted by atomic mass is 9.80. The molecule has 0 unspecified atom stereocenters. The molecular weight excluding hydrogens is 1000 g/mol. The zero-order valence-electron chi connectivity index (χ0n) is 43.7. The molecule has 4 amide bonds. The summed E-state index contributed by atoms with van der Waals surface area (Å²) in [5.74, 6) is -0.895. The van der Waals surface area contributed by atoms with Crippen LogP contribution in [0.25, 0.3) is 11.1 Å². The van der Waals surface area contributed by atoms with Crippen molar-refractivity contribution in [1.29, 1.82) is 0 Å². The number of carbonyl (C=O) groups excluding carboxylic acids is 4. The summed E-state index contributed by atoms with van der Waals surface area (Å²) in [7, 11) is -5.01. The Balaban J connectivity index is 0.000000190. The Bertz CT molecular complexity index is 2890. The van der Waals surface area contributed by atoms with Gasteiger partial charge >= 0.3 is 7.12 Å². The lowest BCUT2D eigenvalue weighted by molar-refractivity contribution is 0.0627. The van der Waals surface area contributed by atoms with Gasteiger partial charge in [-0.1, -0.05) is 148 Å². The molecule has 0 aliphatic carbocycles. The average Bonchev–Trinajstić information content (AvgIpc) is 3.69. The smallest absolute Gasteiger partial charge is 0.423 e. The van der Waals surface area contributed by atoms with Crippen LogP contribution >= 0.6 is 15.9 Å². The van der Waals surface area contributed by atoms with E-state index in [2.05, 4.69) is 120 Å². The molecule has 0 saturated carbocycles. The molecule has 14 heteroatoms. The zero-order chi connectivity index (χ0) is 52.9. The summed E-state index contributed by atoms with van der Waals surface area (Å²) in [5.41, 5.74) is 10.8. The van der Waals surface area contributed by atoms with Crippen molar-refractivity contribution in [2.75, 3.05) is 0 Å². The van der Waals surface area contributed by atoms with E-state index in [1.54, 1.807) is 60.7 Å². The van der Waals surface area contributed by atoms with Crippen molar-refractivity contribution in [3.63, 3.8) is 0 Å². The van der Waals surface area contributed by atoms with E-state index < -0.39 is 23.8 Å². The van der Waals surface area contributed by atoms with Crippen LogP contribution < -0.4 is 5.46 Å². The molecule has 0 aromatic heterocycles. The van der Waals surface area contributed by atoms with Gasteiger partial charge in [-0.3, -0.25) is 29.0 Å². The van der Waals surface area contributed by atoms with Gasteiger partial charge in [0, 0.05) is 4.47 Å². The summed E-state index contributed by atoms with van der Waals surface area (Å²) in [6.07, 6.45) is 0. The van der Waals surface area contributed by atoms with Gasteiger partial charge < -0.3 is 18.9 Å². The summed E-state index contributed by atoms with van der Waals surface area (Å²) in [6.45, 7) is 28.0. The number of rotatable bonds is 12. The minimum atomic E-state index is -1.83. The molecule has 6 aromatic rings. The number of fused-ring (bicyclic) bond motifs is 2. The number of hydrogen-bond donors (Lipinski definition) is 2. The normalized spacial score (nSPS) is 13.6. The summed E-state index contributed by atoms with van der Waals surface area (Å²) in [4.78, 5) is 52.8. The molecule has 0 saturated heterocycles. The number of imide groups is 2. The van der Waals surface area contributed by atoms with Crippen molar-refractivity contribution in [2.45, 2.75) is 118 Å². The van der Waals surface area contributed by atoms with E-state index in [-0.39, 0.29) is 40.3 Å². The molecule has 0 atom stereocenters. The van der Waals surface area contributed by atoms with E-state index in [0.717, 1.165) is 49.0 Å². The Labute approximate surface area is 436 Å². The fourth-order valence-electron chi connectivity index (χ4n) is 7.80. The third-order valence-corrected chi connectivity index (χ3v) is 23.4. The van der Waals surface area contributed by atoms with Crippen LogP contribution in [0, 0.1) is 13.8 Å². The topological polar surface area (TPSA) is 134 Å². The molecule has 2 N–H and O–H groups in total. The Kier molecular flexibility index (Phi) is 17.6. The molecule has 8 rings (SSSR count). The Morgan fingerprint density at radius 2 is 0.875 bits per heavy atom. The predicted octanol–water partition coefficient (Wildman–Crippen LogP) is 12.4. The van der Waals surface area contributed by atoms with E-state index in [0.29, 0.717) is 47.5 Å². The Morgan fingerprint density at radius 3 is 1.29 bits per heavy atom. The number of aryl methyl sites for hydroxylation is 2. The summed E-state index contributed by atoms with van der Waals surface area (Å²) in [5, 5.41) is 18.6. The van der Waals surface area contributed by atoms with Gasteiger partial charge in [0.2, 0.25) is 0 Å². The zero-order valence-corrected chi connectivity index (χ0v) is 47.3. The van der Waals surface area contributed by atoms with Crippen LogP contribution in [-0.2, 0) is 35.2 Å². The highest BCUT2D eigenvalue weighted by Gasteiger charge is 2.39. The molecule has 2 heterocycles. The first-order valence-corrected chi connectivity index (χ1v) is 30.9. The summed E-state index contributed by atoms with van der Waals surface area (Å²) in [6, 6.07) is 41.8. The maximum atomic E-state index is 12.8. The average molecular weight is 1070 g/mol. The van der Waals surface area contributed by atoms with Gasteiger partial charge in [-0.25, -0.2) is 0 Å². The second-order valence-corrected chi connectivity index (χ2v) is 32.3. The van der Waals surface area contributed by atoms with Crippen molar-refractivity contribution < 1.29 is 38.1 Å². The van der Waals surface area contributed by atoms with E-state index in [4.69, 9.17) is 18.9 Å². The fourth-order valence-corrected chi connectivity index (χ4v) is 10.4. The lowest BCUT2D eigenvalue weighted by Crippen LogP contribution is -2.40. The van der Waals surface area contributed by atoms with Crippen molar-refractivity contribution >= 4 is 68.8 Å². The first-order valence-electron chi connectivity index (χ1n) is 24.2. The quantitative estimate of drug-likeness (QED) is 0.0914. The van der Waals surface area contributed by atoms with Crippen LogP contribution in [0.2, 0.25) is 36.3 Å². The van der Waals surface area contributed by atoms with Gasteiger partial charge in [-0.2, -0.15) is 0 Å². The third kappa shape index (κ3) is 13.5. The Hall–Kier alpha value is -5.58. The van der Waals surface area contributed by atoms with Gasteiger partial charge in [0.15, 0.2) is 16.6 Å². The minimum absolute atomic E-state index is 0.167.